The third kappa shape index (κ3) is 4.40. The standard InChI is InChI=1S/C19H26N4O2S/c1-3-25-18(24)17-9-11-21(12-10-17)14-23-19(26)22(15(2)20-23)13-16-7-5-4-6-8-16/h4-8,17H,3,9-14H2,1-2H3/p+1. The number of likely N-dealkylation sites (tertiary alicyclic amines) is 1. The number of aryl methyl sites for hydroxylation is 1. The molecule has 2 heterocycles. The Morgan fingerprint density at radius 1 is 1.31 bits per heavy atom. The van der Waals surface area contributed by atoms with Gasteiger partial charge >= 0.3 is 5.97 Å². The molecule has 6 nitrogen and oxygen atoms in total. The van der Waals surface area contributed by atoms with E-state index in [2.05, 4.69) is 21.8 Å². The molecule has 0 unspecified atom stereocenters. The van der Waals surface area contributed by atoms with Gasteiger partial charge in [0.15, 0.2) is 6.67 Å². The smallest absolute Gasteiger partial charge is 0.309 e. The van der Waals surface area contributed by atoms with Crippen LogP contribution in [0.3, 0.4) is 0 Å². The molecule has 0 saturated carbocycles. The van der Waals surface area contributed by atoms with Gasteiger partial charge < -0.3 is 9.64 Å². The van der Waals surface area contributed by atoms with Gasteiger partial charge in [-0.15, -0.1) is 0 Å². The summed E-state index contributed by atoms with van der Waals surface area (Å²) in [6, 6.07) is 10.3. The summed E-state index contributed by atoms with van der Waals surface area (Å²) in [6.45, 7) is 7.68. The highest BCUT2D eigenvalue weighted by molar-refractivity contribution is 7.71. The lowest BCUT2D eigenvalue weighted by Crippen LogP contribution is -3.12. The maximum atomic E-state index is 11.9. The fourth-order valence-electron chi connectivity index (χ4n) is 3.49. The summed E-state index contributed by atoms with van der Waals surface area (Å²) in [4.78, 5) is 13.3. The van der Waals surface area contributed by atoms with Crippen molar-refractivity contribution in [1.29, 1.82) is 0 Å². The number of nitrogens with zero attached hydrogens (tertiary/aromatic N) is 3. The number of aromatic nitrogens is 3. The Kier molecular flexibility index (Phi) is 6.21. The second-order valence-electron chi connectivity index (χ2n) is 6.84. The minimum atomic E-state index is -0.0499. The van der Waals surface area contributed by atoms with Gasteiger partial charge in [-0.05, 0) is 31.6 Å². The second kappa shape index (κ2) is 8.60. The number of esters is 1. The summed E-state index contributed by atoms with van der Waals surface area (Å²) in [5.74, 6) is 0.926. The molecule has 1 aromatic heterocycles. The van der Waals surface area contributed by atoms with Crippen molar-refractivity contribution in [3.63, 3.8) is 0 Å². The fraction of sp³-hybridized carbons (Fsp3) is 0.526. The van der Waals surface area contributed by atoms with Crippen molar-refractivity contribution in [3.05, 3.63) is 46.5 Å². The predicted octanol–water partition coefficient (Wildman–Crippen LogP) is 1.59. The van der Waals surface area contributed by atoms with Gasteiger partial charge in [-0.2, -0.15) is 9.78 Å². The molecule has 2 aromatic rings. The molecule has 1 aliphatic rings. The monoisotopic (exact) mass is 375 g/mol. The summed E-state index contributed by atoms with van der Waals surface area (Å²) in [6.07, 6.45) is 1.73. The van der Waals surface area contributed by atoms with E-state index in [9.17, 15) is 4.79 Å². The molecule has 0 atom stereocenters. The lowest BCUT2D eigenvalue weighted by Gasteiger charge is -2.27. The second-order valence-corrected chi connectivity index (χ2v) is 7.20. The van der Waals surface area contributed by atoms with Crippen LogP contribution >= 0.6 is 12.2 Å². The normalized spacial score (nSPS) is 20.1. The molecule has 0 aliphatic carbocycles. The van der Waals surface area contributed by atoms with E-state index in [0.717, 1.165) is 49.7 Å². The molecule has 3 rings (SSSR count). The molecule has 1 aromatic carbocycles. The van der Waals surface area contributed by atoms with Crippen molar-refractivity contribution in [2.24, 2.45) is 5.92 Å². The summed E-state index contributed by atoms with van der Waals surface area (Å²) >= 11 is 5.66. The molecule has 1 saturated heterocycles. The number of nitrogens with one attached hydrogen (secondary N) is 1. The summed E-state index contributed by atoms with van der Waals surface area (Å²) < 4.78 is 9.90. The maximum Gasteiger partial charge on any atom is 0.309 e. The zero-order valence-corrected chi connectivity index (χ0v) is 16.3. The van der Waals surface area contributed by atoms with Gasteiger partial charge in [-0.25, -0.2) is 0 Å². The Bertz CT molecular complexity index is 792. The zero-order chi connectivity index (χ0) is 18.5. The summed E-state index contributed by atoms with van der Waals surface area (Å²) in [7, 11) is 0. The van der Waals surface area contributed by atoms with E-state index in [1.54, 1.807) is 0 Å². The van der Waals surface area contributed by atoms with Crippen LogP contribution in [0.2, 0.25) is 0 Å². The van der Waals surface area contributed by atoms with Crippen LogP contribution in [0.15, 0.2) is 30.3 Å². The molecule has 0 bridgehead atoms. The number of benzene rings is 1. The molecular formula is C19H27N4O2S+. The Labute approximate surface area is 159 Å². The van der Waals surface area contributed by atoms with Crippen LogP contribution in [0.4, 0.5) is 0 Å². The third-order valence-electron chi connectivity index (χ3n) is 4.98. The molecule has 26 heavy (non-hydrogen) atoms. The number of carbonyl (C=O) groups excluding carboxylic acids is 1. The number of quaternary nitrogens is 1. The molecule has 1 fully saturated rings. The number of hydrogen-bond acceptors (Lipinski definition) is 4. The average Bonchev–Trinajstić information content (AvgIpc) is 2.91. The Balaban J connectivity index is 1.62. The first kappa shape index (κ1) is 18.8. The predicted molar refractivity (Wildman–Crippen MR) is 101 cm³/mol. The molecule has 0 radical (unpaired) electrons. The minimum Gasteiger partial charge on any atom is -0.466 e. The van der Waals surface area contributed by atoms with Crippen LogP contribution in [-0.4, -0.2) is 40.0 Å². The highest BCUT2D eigenvalue weighted by Crippen LogP contribution is 2.12. The van der Waals surface area contributed by atoms with E-state index >= 15 is 0 Å². The van der Waals surface area contributed by atoms with Gasteiger partial charge in [0.05, 0.1) is 32.2 Å². The van der Waals surface area contributed by atoms with Gasteiger partial charge in [0.2, 0.25) is 4.77 Å². The minimum absolute atomic E-state index is 0.0454. The van der Waals surface area contributed by atoms with Crippen LogP contribution in [0.25, 0.3) is 0 Å². The van der Waals surface area contributed by atoms with E-state index in [1.165, 1.54) is 10.5 Å². The Morgan fingerprint density at radius 3 is 2.65 bits per heavy atom. The Morgan fingerprint density at radius 2 is 2.00 bits per heavy atom. The topological polar surface area (TPSA) is 53.5 Å². The number of hydrogen-bond donors (Lipinski definition) is 1. The van der Waals surface area contributed by atoms with Crippen LogP contribution in [-0.2, 0) is 22.7 Å². The lowest BCUT2D eigenvalue weighted by molar-refractivity contribution is -0.929. The SMILES string of the molecule is CCOC(=O)C1CC[NH+](Cn2nc(C)n(Cc3ccccc3)c2=S)CC1. The van der Waals surface area contributed by atoms with Crippen molar-refractivity contribution < 1.29 is 14.4 Å². The van der Waals surface area contributed by atoms with E-state index in [4.69, 9.17) is 17.0 Å². The summed E-state index contributed by atoms with van der Waals surface area (Å²) in [5, 5.41) is 4.65. The van der Waals surface area contributed by atoms with Crippen LogP contribution in [0.1, 0.15) is 31.2 Å². The number of carbonyl (C=O) groups is 1. The highest BCUT2D eigenvalue weighted by Gasteiger charge is 2.28. The first-order valence-electron chi connectivity index (χ1n) is 9.27. The van der Waals surface area contributed by atoms with E-state index in [1.807, 2.05) is 36.7 Å². The molecule has 1 aliphatic heterocycles. The molecule has 1 N–H and O–H groups in total. The van der Waals surface area contributed by atoms with Crippen molar-refractivity contribution >= 4 is 18.2 Å². The van der Waals surface area contributed by atoms with Crippen LogP contribution in [0, 0.1) is 17.6 Å². The van der Waals surface area contributed by atoms with E-state index in [0.29, 0.717) is 6.61 Å². The fourth-order valence-corrected chi connectivity index (χ4v) is 3.79. The average molecular weight is 376 g/mol. The van der Waals surface area contributed by atoms with Crippen molar-refractivity contribution in [2.75, 3.05) is 19.7 Å². The first-order valence-corrected chi connectivity index (χ1v) is 9.67. The van der Waals surface area contributed by atoms with E-state index in [-0.39, 0.29) is 11.9 Å². The maximum absolute atomic E-state index is 11.9. The third-order valence-corrected chi connectivity index (χ3v) is 5.41. The number of piperidine rings is 1. The van der Waals surface area contributed by atoms with Gasteiger partial charge in [0, 0.05) is 12.8 Å². The van der Waals surface area contributed by atoms with E-state index < -0.39 is 0 Å². The number of ether oxygens (including phenoxy) is 1. The molecule has 7 heteroatoms. The van der Waals surface area contributed by atoms with Crippen molar-refractivity contribution in [2.45, 2.75) is 39.9 Å². The Hall–Kier alpha value is -1.99. The zero-order valence-electron chi connectivity index (χ0n) is 15.5. The number of rotatable bonds is 6. The molecule has 0 amide bonds. The largest absolute Gasteiger partial charge is 0.466 e. The molecular weight excluding hydrogens is 348 g/mol. The van der Waals surface area contributed by atoms with Gasteiger partial charge in [-0.3, -0.25) is 9.36 Å². The van der Waals surface area contributed by atoms with Crippen LogP contribution < -0.4 is 4.90 Å². The van der Waals surface area contributed by atoms with Gasteiger partial charge in [0.25, 0.3) is 0 Å². The van der Waals surface area contributed by atoms with Crippen molar-refractivity contribution in [1.82, 2.24) is 14.3 Å². The quantitative estimate of drug-likeness (QED) is 0.615. The summed E-state index contributed by atoms with van der Waals surface area (Å²) in [5.41, 5.74) is 1.22. The van der Waals surface area contributed by atoms with Gasteiger partial charge in [0.1, 0.15) is 5.82 Å². The van der Waals surface area contributed by atoms with Gasteiger partial charge in [-0.1, -0.05) is 30.3 Å². The van der Waals surface area contributed by atoms with Crippen molar-refractivity contribution in [3.8, 4) is 0 Å². The first-order chi connectivity index (χ1) is 12.6. The molecule has 140 valence electrons. The lowest BCUT2D eigenvalue weighted by atomic mass is 9.97. The molecule has 0 spiro atoms. The van der Waals surface area contributed by atoms with Crippen LogP contribution in [0.5, 0.6) is 0 Å². The highest BCUT2D eigenvalue weighted by atomic mass is 32.1.